The number of carboxylic acids is 1. The molecule has 3 unspecified atom stereocenters. The van der Waals surface area contributed by atoms with Gasteiger partial charge in [0.2, 0.25) is 5.91 Å². The Labute approximate surface area is 180 Å². The van der Waals surface area contributed by atoms with Gasteiger partial charge in [-0.25, -0.2) is 4.79 Å². The number of hydrogen-bond donors (Lipinski definition) is 1. The van der Waals surface area contributed by atoms with E-state index in [1.54, 1.807) is 25.8 Å². The van der Waals surface area contributed by atoms with Crippen LogP contribution in [0.15, 0.2) is 30.3 Å². The van der Waals surface area contributed by atoms with Crippen molar-refractivity contribution in [2.75, 3.05) is 20.2 Å². The van der Waals surface area contributed by atoms with Gasteiger partial charge < -0.3 is 14.7 Å². The summed E-state index contributed by atoms with van der Waals surface area (Å²) in [5.41, 5.74) is 1.11. The molecule has 0 saturated carbocycles. The van der Waals surface area contributed by atoms with Gasteiger partial charge in [-0.1, -0.05) is 44.2 Å². The van der Waals surface area contributed by atoms with E-state index >= 15 is 0 Å². The van der Waals surface area contributed by atoms with Crippen LogP contribution in [0.5, 0.6) is 0 Å². The van der Waals surface area contributed by atoms with Crippen LogP contribution in [0.2, 0.25) is 0 Å². The van der Waals surface area contributed by atoms with Crippen LogP contribution < -0.4 is 0 Å². The summed E-state index contributed by atoms with van der Waals surface area (Å²) >= 11 is 0. The molecule has 2 rings (SSSR count). The number of benzene rings is 1. The third-order valence-electron chi connectivity index (χ3n) is 5.39. The van der Waals surface area contributed by atoms with Crippen LogP contribution in [0.4, 0.5) is 0 Å². The number of likely N-dealkylation sites (N-methyl/N-ethyl adjacent to an activating group) is 1. The van der Waals surface area contributed by atoms with E-state index < -0.39 is 24.1 Å². The summed E-state index contributed by atoms with van der Waals surface area (Å²) in [5.74, 6) is -1.61. The fourth-order valence-corrected chi connectivity index (χ4v) is 3.65. The first-order chi connectivity index (χ1) is 14.4. The van der Waals surface area contributed by atoms with Gasteiger partial charge in [-0.3, -0.25) is 14.5 Å². The Bertz CT molecular complexity index is 679. The van der Waals surface area contributed by atoms with Gasteiger partial charge in [0.1, 0.15) is 12.1 Å². The number of hydrogen-bond acceptors (Lipinski definition) is 5. The summed E-state index contributed by atoms with van der Waals surface area (Å²) in [7, 11) is 1.72. The van der Waals surface area contributed by atoms with Crippen molar-refractivity contribution in [2.24, 2.45) is 0 Å². The van der Waals surface area contributed by atoms with Gasteiger partial charge in [0, 0.05) is 6.54 Å². The Kier molecular flexibility index (Phi) is 11.1. The number of rotatable bonds is 9. The molecule has 30 heavy (non-hydrogen) atoms. The second-order valence-electron chi connectivity index (χ2n) is 7.16. The molecule has 0 radical (unpaired) electrons. The highest BCUT2D eigenvalue weighted by Gasteiger charge is 2.39. The van der Waals surface area contributed by atoms with E-state index in [0.29, 0.717) is 32.2 Å². The number of ether oxygens (including phenoxy) is 1. The lowest BCUT2D eigenvalue weighted by Gasteiger charge is -2.34. The normalized spacial score (nSPS) is 17.7. The number of amides is 1. The maximum absolute atomic E-state index is 12.9. The maximum atomic E-state index is 12.9. The third-order valence-corrected chi connectivity index (χ3v) is 5.39. The first-order valence-corrected chi connectivity index (χ1v) is 10.8. The summed E-state index contributed by atoms with van der Waals surface area (Å²) < 4.78 is 5.23. The number of aliphatic carboxylic acids is 1. The highest BCUT2D eigenvalue weighted by Crippen LogP contribution is 2.21. The van der Waals surface area contributed by atoms with Crippen molar-refractivity contribution in [3.05, 3.63) is 35.9 Å². The van der Waals surface area contributed by atoms with Crippen molar-refractivity contribution in [1.82, 2.24) is 9.80 Å². The molecule has 0 spiro atoms. The zero-order valence-electron chi connectivity index (χ0n) is 18.8. The van der Waals surface area contributed by atoms with E-state index in [2.05, 4.69) is 0 Å². The summed E-state index contributed by atoms with van der Waals surface area (Å²) in [4.78, 5) is 40.0. The minimum atomic E-state index is -0.980. The molecule has 7 heteroatoms. The van der Waals surface area contributed by atoms with Crippen LogP contribution in [0.25, 0.3) is 0 Å². The lowest BCUT2D eigenvalue weighted by atomic mass is 10.0. The van der Waals surface area contributed by atoms with E-state index in [0.717, 1.165) is 5.56 Å². The zero-order valence-corrected chi connectivity index (χ0v) is 18.8. The summed E-state index contributed by atoms with van der Waals surface area (Å²) in [6.07, 6.45) is 2.33. The second kappa shape index (κ2) is 13.0. The van der Waals surface area contributed by atoms with Crippen LogP contribution in [0, 0.1) is 0 Å². The second-order valence-corrected chi connectivity index (χ2v) is 7.16. The van der Waals surface area contributed by atoms with E-state index in [-0.39, 0.29) is 18.5 Å². The molecule has 0 bridgehead atoms. The van der Waals surface area contributed by atoms with Gasteiger partial charge in [-0.05, 0) is 52.1 Å². The predicted molar refractivity (Wildman–Crippen MR) is 116 cm³/mol. The molecule has 1 amide bonds. The molecular formula is C23H36N2O5. The van der Waals surface area contributed by atoms with Gasteiger partial charge in [0.15, 0.2) is 0 Å². The number of aryl methyl sites for hydroxylation is 1. The molecule has 1 fully saturated rings. The standard InChI is InChI=1S/C21H30N2O5.C2H6/c1-4-28-21(27)18(13-12-16-9-6-5-7-10-16)22(3)15(2)19(24)23-14-8-11-17(23)20(25)26;1-2/h5-7,9-10,15,17-18H,4,8,11-14H2,1-3H3,(H,25,26);1-2H3. The molecule has 1 aliphatic rings. The molecule has 1 heterocycles. The molecule has 0 aliphatic carbocycles. The van der Waals surface area contributed by atoms with Gasteiger partial charge in [0.05, 0.1) is 12.6 Å². The monoisotopic (exact) mass is 420 g/mol. The molecule has 1 aromatic carbocycles. The Morgan fingerprint density at radius 1 is 1.23 bits per heavy atom. The summed E-state index contributed by atoms with van der Waals surface area (Å²) in [6.45, 7) is 8.17. The van der Waals surface area contributed by atoms with Crippen LogP contribution >= 0.6 is 0 Å². The van der Waals surface area contributed by atoms with Crippen LogP contribution in [0.3, 0.4) is 0 Å². The number of esters is 1. The van der Waals surface area contributed by atoms with E-state index in [1.807, 2.05) is 44.2 Å². The van der Waals surface area contributed by atoms with Crippen molar-refractivity contribution >= 4 is 17.8 Å². The van der Waals surface area contributed by atoms with Crippen LogP contribution in [-0.2, 0) is 25.5 Å². The Morgan fingerprint density at radius 3 is 2.43 bits per heavy atom. The third kappa shape index (κ3) is 6.83. The minimum absolute atomic E-state index is 0.263. The van der Waals surface area contributed by atoms with Gasteiger partial charge in [-0.2, -0.15) is 0 Å². The molecule has 3 atom stereocenters. The lowest BCUT2D eigenvalue weighted by molar-refractivity contribution is -0.155. The highest BCUT2D eigenvalue weighted by molar-refractivity contribution is 5.88. The molecule has 168 valence electrons. The number of carbonyl (C=O) groups is 3. The first kappa shape index (κ1) is 25.6. The quantitative estimate of drug-likeness (QED) is 0.618. The van der Waals surface area contributed by atoms with Crippen LogP contribution in [0.1, 0.15) is 52.5 Å². The fourth-order valence-electron chi connectivity index (χ4n) is 3.65. The largest absolute Gasteiger partial charge is 0.480 e. The van der Waals surface area contributed by atoms with E-state index in [9.17, 15) is 19.5 Å². The Balaban J connectivity index is 0.00000218. The maximum Gasteiger partial charge on any atom is 0.326 e. The van der Waals surface area contributed by atoms with Gasteiger partial charge >= 0.3 is 11.9 Å². The number of carbonyl (C=O) groups excluding carboxylic acids is 2. The number of carboxylic acid groups (broad SMARTS) is 1. The van der Waals surface area contributed by atoms with E-state index in [4.69, 9.17) is 4.74 Å². The van der Waals surface area contributed by atoms with E-state index in [1.165, 1.54) is 4.90 Å². The first-order valence-electron chi connectivity index (χ1n) is 10.8. The van der Waals surface area contributed by atoms with Crippen molar-refractivity contribution < 1.29 is 24.2 Å². The Hall–Kier alpha value is -2.41. The predicted octanol–water partition coefficient (Wildman–Crippen LogP) is 2.97. The highest BCUT2D eigenvalue weighted by atomic mass is 16.5. The van der Waals surface area contributed by atoms with Crippen molar-refractivity contribution in [3.63, 3.8) is 0 Å². The molecule has 1 saturated heterocycles. The smallest absolute Gasteiger partial charge is 0.326 e. The minimum Gasteiger partial charge on any atom is -0.480 e. The fraction of sp³-hybridized carbons (Fsp3) is 0.609. The average molecular weight is 421 g/mol. The summed E-state index contributed by atoms with van der Waals surface area (Å²) in [6, 6.07) is 7.85. The lowest BCUT2D eigenvalue weighted by Crippen LogP contribution is -2.54. The van der Waals surface area contributed by atoms with Crippen molar-refractivity contribution in [2.45, 2.75) is 71.5 Å². The molecule has 1 aromatic rings. The molecule has 1 aliphatic heterocycles. The molecule has 1 N–H and O–H groups in total. The number of likely N-dealkylation sites (tertiary alicyclic amines) is 1. The Morgan fingerprint density at radius 2 is 1.87 bits per heavy atom. The number of nitrogens with zero attached hydrogens (tertiary/aromatic N) is 2. The van der Waals surface area contributed by atoms with Crippen molar-refractivity contribution in [1.29, 1.82) is 0 Å². The molecule has 7 nitrogen and oxygen atoms in total. The molecule has 0 aromatic heterocycles. The van der Waals surface area contributed by atoms with Crippen LogP contribution in [-0.4, -0.2) is 71.1 Å². The van der Waals surface area contributed by atoms with Crippen molar-refractivity contribution in [3.8, 4) is 0 Å². The summed E-state index contributed by atoms with van der Waals surface area (Å²) in [5, 5.41) is 9.35. The topological polar surface area (TPSA) is 87.2 Å². The van der Waals surface area contributed by atoms with Gasteiger partial charge in [0.25, 0.3) is 0 Å². The zero-order chi connectivity index (χ0) is 22.7. The average Bonchev–Trinajstić information content (AvgIpc) is 3.25. The SMILES string of the molecule is CC.CCOC(=O)C(CCc1ccccc1)N(C)C(C)C(=O)N1CCCC1C(=O)O. The molecular weight excluding hydrogens is 384 g/mol. The van der Waals surface area contributed by atoms with Gasteiger partial charge in [-0.15, -0.1) is 0 Å².